The zero-order valence-electron chi connectivity index (χ0n) is 13.2. The number of piperidine rings is 1. The smallest absolute Gasteiger partial charge is 0.251 e. The second-order valence-electron chi connectivity index (χ2n) is 6.56. The van der Waals surface area contributed by atoms with Gasteiger partial charge in [0.1, 0.15) is 11.6 Å². The van der Waals surface area contributed by atoms with E-state index in [0.717, 1.165) is 0 Å². The summed E-state index contributed by atoms with van der Waals surface area (Å²) >= 11 is 0. The third-order valence-corrected chi connectivity index (χ3v) is 4.83. The molecule has 0 bridgehead atoms. The number of rotatable bonds is 5. The highest BCUT2D eigenvalue weighted by atomic mass is 19.3. The van der Waals surface area contributed by atoms with E-state index >= 15 is 0 Å². The Balaban J connectivity index is 1.49. The Labute approximate surface area is 138 Å². The van der Waals surface area contributed by atoms with E-state index in [9.17, 15) is 22.4 Å². The first kappa shape index (κ1) is 17.2. The number of hydrogen-bond donors (Lipinski definition) is 1. The number of benzene rings is 1. The molecule has 2 fully saturated rings. The van der Waals surface area contributed by atoms with Gasteiger partial charge in [0.05, 0.1) is 6.54 Å². The zero-order valence-corrected chi connectivity index (χ0v) is 13.2. The van der Waals surface area contributed by atoms with E-state index < -0.39 is 29.9 Å². The fourth-order valence-electron chi connectivity index (χ4n) is 3.43. The van der Waals surface area contributed by atoms with Crippen molar-refractivity contribution >= 4 is 5.91 Å². The maximum Gasteiger partial charge on any atom is 0.251 e. The third-order valence-electron chi connectivity index (χ3n) is 4.83. The van der Waals surface area contributed by atoms with E-state index in [2.05, 4.69) is 5.32 Å². The van der Waals surface area contributed by atoms with Gasteiger partial charge in [-0.1, -0.05) is 6.07 Å². The molecule has 1 heterocycles. The average Bonchev–Trinajstić information content (AvgIpc) is 3.29. The second kappa shape index (κ2) is 7.09. The third kappa shape index (κ3) is 3.88. The first-order valence-electron chi connectivity index (χ1n) is 8.20. The maximum atomic E-state index is 13.7. The molecule has 1 aromatic rings. The summed E-state index contributed by atoms with van der Waals surface area (Å²) in [5, 5.41) is 2.90. The van der Waals surface area contributed by atoms with Crippen LogP contribution in [0.5, 0.6) is 0 Å². The molecule has 1 amide bonds. The lowest BCUT2D eigenvalue weighted by atomic mass is 10.0. The van der Waals surface area contributed by atoms with Crippen LogP contribution in [-0.4, -0.2) is 42.9 Å². The number of likely N-dealkylation sites (tertiary alicyclic amines) is 1. The number of carbonyl (C=O) groups excluding carboxylic acids is 1. The van der Waals surface area contributed by atoms with Crippen LogP contribution in [0.1, 0.15) is 30.7 Å². The van der Waals surface area contributed by atoms with Crippen LogP contribution in [0.3, 0.4) is 0 Å². The van der Waals surface area contributed by atoms with Crippen LogP contribution in [-0.2, 0) is 4.79 Å². The largest absolute Gasteiger partial charge is 0.353 e. The van der Waals surface area contributed by atoms with Crippen molar-refractivity contribution in [2.75, 3.05) is 19.6 Å². The molecule has 2 atom stereocenters. The van der Waals surface area contributed by atoms with E-state index in [4.69, 9.17) is 0 Å². The Morgan fingerprint density at radius 2 is 1.83 bits per heavy atom. The summed E-state index contributed by atoms with van der Waals surface area (Å²) in [7, 11) is 0. The van der Waals surface area contributed by atoms with Crippen molar-refractivity contribution in [1.29, 1.82) is 0 Å². The molecule has 1 aliphatic heterocycles. The van der Waals surface area contributed by atoms with E-state index in [0.29, 0.717) is 32.4 Å². The molecule has 1 saturated heterocycles. The number of halogens is 4. The van der Waals surface area contributed by atoms with E-state index in [-0.39, 0.29) is 24.1 Å². The summed E-state index contributed by atoms with van der Waals surface area (Å²) in [5.41, 5.74) is -0.00981. The van der Waals surface area contributed by atoms with Crippen LogP contribution in [0.25, 0.3) is 0 Å². The van der Waals surface area contributed by atoms with Crippen molar-refractivity contribution < 1.29 is 22.4 Å². The summed E-state index contributed by atoms with van der Waals surface area (Å²) in [6.45, 7) is 0.800. The first-order valence-corrected chi connectivity index (χ1v) is 8.20. The molecule has 0 aromatic heterocycles. The lowest BCUT2D eigenvalue weighted by Gasteiger charge is -2.32. The molecule has 2 aliphatic rings. The number of amides is 1. The minimum absolute atomic E-state index is 0.00981. The summed E-state index contributed by atoms with van der Waals surface area (Å²) in [4.78, 5) is 13.9. The molecule has 7 heteroatoms. The Hall–Kier alpha value is -1.63. The molecule has 0 spiro atoms. The minimum Gasteiger partial charge on any atom is -0.353 e. The van der Waals surface area contributed by atoms with Gasteiger partial charge in [0.2, 0.25) is 5.91 Å². The van der Waals surface area contributed by atoms with Gasteiger partial charge in [0, 0.05) is 36.5 Å². The summed E-state index contributed by atoms with van der Waals surface area (Å²) < 4.78 is 52.2. The molecule has 0 radical (unpaired) electrons. The quantitative estimate of drug-likeness (QED) is 0.833. The number of carbonyl (C=O) groups is 1. The highest BCUT2D eigenvalue weighted by molar-refractivity contribution is 5.83. The fraction of sp³-hybridized carbons (Fsp3) is 0.588. The molecule has 3 rings (SSSR count). The lowest BCUT2D eigenvalue weighted by molar-refractivity contribution is -0.123. The van der Waals surface area contributed by atoms with Crippen molar-refractivity contribution in [3.63, 3.8) is 0 Å². The van der Waals surface area contributed by atoms with E-state index in [1.165, 1.54) is 18.2 Å². The molecule has 3 nitrogen and oxygen atoms in total. The van der Waals surface area contributed by atoms with Crippen molar-refractivity contribution in [2.24, 2.45) is 5.92 Å². The Morgan fingerprint density at radius 1 is 1.21 bits per heavy atom. The van der Waals surface area contributed by atoms with Gasteiger partial charge in [-0.3, -0.25) is 9.69 Å². The van der Waals surface area contributed by atoms with Gasteiger partial charge in [-0.05, 0) is 31.4 Å². The van der Waals surface area contributed by atoms with Gasteiger partial charge in [0.25, 0.3) is 6.43 Å². The molecule has 1 saturated carbocycles. The predicted octanol–water partition coefficient (Wildman–Crippen LogP) is 2.91. The molecule has 1 N–H and O–H groups in total. The SMILES string of the molecule is O=C(NC1CCN(CC(F)F)CC1)[C@@H]1C[C@H]1c1c(F)cccc1F. The van der Waals surface area contributed by atoms with Gasteiger partial charge in [-0.2, -0.15) is 0 Å². The first-order chi connectivity index (χ1) is 11.5. The van der Waals surface area contributed by atoms with Crippen LogP contribution < -0.4 is 5.32 Å². The van der Waals surface area contributed by atoms with Crippen LogP contribution in [0, 0.1) is 17.6 Å². The highest BCUT2D eigenvalue weighted by Crippen LogP contribution is 2.49. The van der Waals surface area contributed by atoms with Gasteiger partial charge >= 0.3 is 0 Å². The van der Waals surface area contributed by atoms with Crippen LogP contribution in [0.15, 0.2) is 18.2 Å². The molecule has 1 aliphatic carbocycles. The number of hydrogen-bond acceptors (Lipinski definition) is 2. The minimum atomic E-state index is -2.35. The van der Waals surface area contributed by atoms with Gasteiger partial charge in [-0.15, -0.1) is 0 Å². The number of nitrogens with zero attached hydrogens (tertiary/aromatic N) is 1. The zero-order chi connectivity index (χ0) is 17.3. The number of alkyl halides is 2. The predicted molar refractivity (Wildman–Crippen MR) is 80.8 cm³/mol. The van der Waals surface area contributed by atoms with Crippen molar-refractivity contribution in [1.82, 2.24) is 10.2 Å². The molecular formula is C17H20F4N2O. The van der Waals surface area contributed by atoms with Crippen molar-refractivity contribution in [2.45, 2.75) is 37.6 Å². The number of nitrogens with one attached hydrogen (secondary N) is 1. The lowest BCUT2D eigenvalue weighted by Crippen LogP contribution is -2.46. The molecule has 1 aromatic carbocycles. The van der Waals surface area contributed by atoms with Crippen LogP contribution in [0.4, 0.5) is 17.6 Å². The monoisotopic (exact) mass is 344 g/mol. The normalized spacial score (nSPS) is 25.0. The van der Waals surface area contributed by atoms with Gasteiger partial charge in [0.15, 0.2) is 0 Å². The van der Waals surface area contributed by atoms with Gasteiger partial charge < -0.3 is 5.32 Å². The standard InChI is InChI=1S/C17H20F4N2O/c18-13-2-1-3-14(19)16(13)11-8-12(11)17(24)22-10-4-6-23(7-5-10)9-15(20)21/h1-3,10-12,15H,4-9H2,(H,22,24)/t11-,12-/m1/s1. The van der Waals surface area contributed by atoms with E-state index in [1.54, 1.807) is 4.90 Å². The Bertz CT molecular complexity index is 582. The summed E-state index contributed by atoms with van der Waals surface area (Å²) in [6.07, 6.45) is -0.680. The molecule has 0 unspecified atom stereocenters. The second-order valence-corrected chi connectivity index (χ2v) is 6.56. The molecule has 24 heavy (non-hydrogen) atoms. The fourth-order valence-corrected chi connectivity index (χ4v) is 3.43. The molecule has 132 valence electrons. The van der Waals surface area contributed by atoms with Gasteiger partial charge in [-0.25, -0.2) is 17.6 Å². The Morgan fingerprint density at radius 3 is 2.42 bits per heavy atom. The Kier molecular flexibility index (Phi) is 5.08. The molecular weight excluding hydrogens is 324 g/mol. The highest BCUT2D eigenvalue weighted by Gasteiger charge is 2.47. The average molecular weight is 344 g/mol. The summed E-state index contributed by atoms with van der Waals surface area (Å²) in [5.74, 6) is -2.25. The van der Waals surface area contributed by atoms with E-state index in [1.807, 2.05) is 0 Å². The maximum absolute atomic E-state index is 13.7. The van der Waals surface area contributed by atoms with Crippen LogP contribution in [0.2, 0.25) is 0 Å². The summed E-state index contributed by atoms with van der Waals surface area (Å²) in [6, 6.07) is 3.64. The van der Waals surface area contributed by atoms with Crippen molar-refractivity contribution in [3.05, 3.63) is 35.4 Å². The topological polar surface area (TPSA) is 32.3 Å². The van der Waals surface area contributed by atoms with Crippen LogP contribution >= 0.6 is 0 Å². The van der Waals surface area contributed by atoms with Crippen molar-refractivity contribution in [3.8, 4) is 0 Å².